The van der Waals surface area contributed by atoms with Crippen LogP contribution < -0.4 is 20.7 Å². The second kappa shape index (κ2) is 8.64. The van der Waals surface area contributed by atoms with Crippen molar-refractivity contribution in [3.8, 4) is 0 Å². The minimum Gasteiger partial charge on any atom is -0.444 e. The molecule has 2 N–H and O–H groups in total. The quantitative estimate of drug-likeness (QED) is 0.759. The molecular formula is C18H22ClN7O3. The number of anilines is 2. The van der Waals surface area contributed by atoms with Crippen LogP contribution in [0.25, 0.3) is 0 Å². The van der Waals surface area contributed by atoms with Crippen molar-refractivity contribution < 1.29 is 9.53 Å². The Morgan fingerprint density at radius 1 is 1.17 bits per heavy atom. The average molecular weight is 420 g/mol. The van der Waals surface area contributed by atoms with E-state index in [9.17, 15) is 9.59 Å². The summed E-state index contributed by atoms with van der Waals surface area (Å²) in [6.07, 6.45) is 6.56. The molecule has 4 rings (SSSR count). The third-order valence-corrected chi connectivity index (χ3v) is 5.55. The molecule has 1 atom stereocenters. The topological polar surface area (TPSA) is 116 Å². The standard InChI is InChI=1S/C18H22ClN7O3/c19-15-14(10-22-24-16(15)27)26-9-4-13(11-26)29-18(28)23-12-2-7-25(8-3-12)17-20-5-1-6-21-17/h1,5-6,10,12-13H,2-4,7-9,11H2,(H,23,28)(H,24,27)/t13-/m1/s1. The van der Waals surface area contributed by atoms with E-state index < -0.39 is 11.7 Å². The van der Waals surface area contributed by atoms with Gasteiger partial charge in [0.25, 0.3) is 5.56 Å². The zero-order valence-corrected chi connectivity index (χ0v) is 16.5. The van der Waals surface area contributed by atoms with E-state index in [1.165, 1.54) is 6.20 Å². The molecule has 154 valence electrons. The van der Waals surface area contributed by atoms with E-state index in [0.717, 1.165) is 25.9 Å². The lowest BCUT2D eigenvalue weighted by atomic mass is 10.1. The summed E-state index contributed by atoms with van der Waals surface area (Å²) in [6.45, 7) is 2.67. The molecule has 0 radical (unpaired) electrons. The van der Waals surface area contributed by atoms with E-state index in [-0.39, 0.29) is 17.2 Å². The van der Waals surface area contributed by atoms with Crippen LogP contribution in [0.2, 0.25) is 5.02 Å². The number of hydrogen-bond acceptors (Lipinski definition) is 8. The molecule has 0 aromatic carbocycles. The van der Waals surface area contributed by atoms with Crippen molar-refractivity contribution in [1.82, 2.24) is 25.5 Å². The molecule has 2 saturated heterocycles. The Bertz CT molecular complexity index is 902. The minimum absolute atomic E-state index is 0.0614. The fourth-order valence-electron chi connectivity index (χ4n) is 3.67. The van der Waals surface area contributed by atoms with Crippen LogP contribution in [0, 0.1) is 0 Å². The molecule has 0 bridgehead atoms. The Morgan fingerprint density at radius 3 is 2.66 bits per heavy atom. The zero-order valence-electron chi connectivity index (χ0n) is 15.8. The smallest absolute Gasteiger partial charge is 0.407 e. The van der Waals surface area contributed by atoms with Crippen molar-refractivity contribution in [2.24, 2.45) is 0 Å². The summed E-state index contributed by atoms with van der Waals surface area (Å²) in [6, 6.07) is 1.85. The number of aromatic amines is 1. The van der Waals surface area contributed by atoms with Crippen LogP contribution in [-0.4, -0.2) is 64.6 Å². The number of alkyl carbamates (subject to hydrolysis) is 1. The van der Waals surface area contributed by atoms with Gasteiger partial charge in [-0.15, -0.1) is 0 Å². The molecule has 2 fully saturated rings. The number of ether oxygens (including phenoxy) is 1. The van der Waals surface area contributed by atoms with Crippen molar-refractivity contribution in [3.05, 3.63) is 40.0 Å². The number of amides is 1. The highest BCUT2D eigenvalue weighted by molar-refractivity contribution is 6.33. The number of rotatable bonds is 4. The van der Waals surface area contributed by atoms with E-state index in [2.05, 4.69) is 30.4 Å². The number of carbonyl (C=O) groups is 1. The predicted molar refractivity (Wildman–Crippen MR) is 107 cm³/mol. The number of carbonyl (C=O) groups excluding carboxylic acids is 1. The summed E-state index contributed by atoms with van der Waals surface area (Å²) in [7, 11) is 0. The van der Waals surface area contributed by atoms with Crippen molar-refractivity contribution in [2.75, 3.05) is 36.0 Å². The van der Waals surface area contributed by atoms with Crippen LogP contribution in [0.5, 0.6) is 0 Å². The first-order chi connectivity index (χ1) is 14.1. The molecule has 0 saturated carbocycles. The summed E-state index contributed by atoms with van der Waals surface area (Å²) in [4.78, 5) is 36.4. The van der Waals surface area contributed by atoms with E-state index >= 15 is 0 Å². The molecule has 2 aliphatic heterocycles. The molecule has 11 heteroatoms. The first-order valence-electron chi connectivity index (χ1n) is 9.57. The molecule has 2 aromatic rings. The number of hydrogen-bond donors (Lipinski definition) is 2. The molecule has 0 unspecified atom stereocenters. The summed E-state index contributed by atoms with van der Waals surface area (Å²) in [5.74, 6) is 0.715. The fraction of sp³-hybridized carbons (Fsp3) is 0.500. The van der Waals surface area contributed by atoms with Crippen LogP contribution in [0.4, 0.5) is 16.4 Å². The van der Waals surface area contributed by atoms with Gasteiger partial charge in [0, 0.05) is 44.5 Å². The predicted octanol–water partition coefficient (Wildman–Crippen LogP) is 1.19. The lowest BCUT2D eigenvalue weighted by molar-refractivity contribution is 0.103. The number of nitrogens with zero attached hydrogens (tertiary/aromatic N) is 5. The first-order valence-corrected chi connectivity index (χ1v) is 9.95. The van der Waals surface area contributed by atoms with Crippen molar-refractivity contribution in [2.45, 2.75) is 31.4 Å². The Labute approximate surface area is 172 Å². The Kier molecular flexibility index (Phi) is 5.79. The van der Waals surface area contributed by atoms with Gasteiger partial charge in [-0.25, -0.2) is 19.9 Å². The van der Waals surface area contributed by atoms with E-state index in [4.69, 9.17) is 16.3 Å². The van der Waals surface area contributed by atoms with Gasteiger partial charge in [0.2, 0.25) is 5.95 Å². The van der Waals surface area contributed by atoms with Gasteiger partial charge in [0.1, 0.15) is 11.1 Å². The van der Waals surface area contributed by atoms with Crippen molar-refractivity contribution >= 4 is 29.3 Å². The molecule has 29 heavy (non-hydrogen) atoms. The second-order valence-corrected chi connectivity index (χ2v) is 7.49. The van der Waals surface area contributed by atoms with E-state index in [0.29, 0.717) is 31.1 Å². The number of halogens is 1. The lowest BCUT2D eigenvalue weighted by Gasteiger charge is -2.32. The molecule has 0 spiro atoms. The maximum absolute atomic E-state index is 12.3. The highest BCUT2D eigenvalue weighted by Crippen LogP contribution is 2.26. The third kappa shape index (κ3) is 4.58. The van der Waals surface area contributed by atoms with Gasteiger partial charge in [0.05, 0.1) is 18.4 Å². The monoisotopic (exact) mass is 419 g/mol. The Balaban J connectivity index is 1.24. The molecule has 2 aliphatic rings. The highest BCUT2D eigenvalue weighted by atomic mass is 35.5. The van der Waals surface area contributed by atoms with Crippen LogP contribution in [0.1, 0.15) is 19.3 Å². The molecular weight excluding hydrogens is 398 g/mol. The molecule has 2 aromatic heterocycles. The summed E-state index contributed by atoms with van der Waals surface area (Å²) < 4.78 is 5.57. The van der Waals surface area contributed by atoms with Crippen LogP contribution in [0.15, 0.2) is 29.5 Å². The third-order valence-electron chi connectivity index (χ3n) is 5.19. The van der Waals surface area contributed by atoms with Gasteiger partial charge in [-0.1, -0.05) is 11.6 Å². The number of piperidine rings is 1. The maximum atomic E-state index is 12.3. The van der Waals surface area contributed by atoms with Gasteiger partial charge >= 0.3 is 6.09 Å². The Hall–Kier alpha value is -2.88. The number of H-pyrrole nitrogens is 1. The SMILES string of the molecule is O=C(NC1CCN(c2ncccn2)CC1)O[C@@H]1CCN(c2cn[nH]c(=O)c2Cl)C1. The van der Waals surface area contributed by atoms with Crippen molar-refractivity contribution in [3.63, 3.8) is 0 Å². The second-order valence-electron chi connectivity index (χ2n) is 7.11. The molecule has 1 amide bonds. The van der Waals surface area contributed by atoms with Gasteiger partial charge in [-0.05, 0) is 18.9 Å². The summed E-state index contributed by atoms with van der Waals surface area (Å²) in [5, 5.41) is 9.13. The minimum atomic E-state index is -0.432. The maximum Gasteiger partial charge on any atom is 0.407 e. The normalized spacial score (nSPS) is 20.0. The zero-order chi connectivity index (χ0) is 20.2. The lowest BCUT2D eigenvalue weighted by Crippen LogP contribution is -2.46. The van der Waals surface area contributed by atoms with Crippen molar-refractivity contribution in [1.29, 1.82) is 0 Å². The number of nitrogens with one attached hydrogen (secondary N) is 2. The van der Waals surface area contributed by atoms with Crippen LogP contribution in [-0.2, 0) is 4.74 Å². The fourth-order valence-corrected chi connectivity index (χ4v) is 3.88. The van der Waals surface area contributed by atoms with E-state index in [1.807, 2.05) is 4.90 Å². The van der Waals surface area contributed by atoms with Gasteiger partial charge in [0.15, 0.2) is 0 Å². The molecule has 4 heterocycles. The van der Waals surface area contributed by atoms with Crippen LogP contribution >= 0.6 is 11.6 Å². The van der Waals surface area contributed by atoms with Gasteiger partial charge in [-0.3, -0.25) is 4.79 Å². The Morgan fingerprint density at radius 2 is 1.90 bits per heavy atom. The van der Waals surface area contributed by atoms with E-state index in [1.54, 1.807) is 18.5 Å². The largest absolute Gasteiger partial charge is 0.444 e. The highest BCUT2D eigenvalue weighted by Gasteiger charge is 2.29. The molecule has 0 aliphatic carbocycles. The first kappa shape index (κ1) is 19.4. The number of aromatic nitrogens is 4. The van der Waals surface area contributed by atoms with Crippen LogP contribution in [0.3, 0.4) is 0 Å². The summed E-state index contributed by atoms with van der Waals surface area (Å²) in [5.41, 5.74) is 0.121. The van der Waals surface area contributed by atoms with Gasteiger partial charge in [-0.2, -0.15) is 5.10 Å². The molecule has 10 nitrogen and oxygen atoms in total. The average Bonchev–Trinajstić information content (AvgIpc) is 3.19. The van der Waals surface area contributed by atoms with Gasteiger partial charge < -0.3 is 19.9 Å². The summed E-state index contributed by atoms with van der Waals surface area (Å²) >= 11 is 6.05.